The number of hydrogen-bond acceptors (Lipinski definition) is 3. The maximum atomic E-state index is 11.0. The van der Waals surface area contributed by atoms with E-state index in [1.54, 1.807) is 0 Å². The molecule has 1 aromatic rings. The topological polar surface area (TPSA) is 69.6 Å². The van der Waals surface area contributed by atoms with Gasteiger partial charge in [0.15, 0.2) is 0 Å². The van der Waals surface area contributed by atoms with Gasteiger partial charge in [-0.3, -0.25) is 10.1 Å². The van der Waals surface area contributed by atoms with Crippen LogP contribution in [-0.2, 0) is 4.79 Å². The van der Waals surface area contributed by atoms with Crippen molar-refractivity contribution in [1.29, 1.82) is 0 Å². The molecule has 0 radical (unpaired) electrons. The van der Waals surface area contributed by atoms with Crippen molar-refractivity contribution in [1.82, 2.24) is 5.32 Å². The Morgan fingerprint density at radius 3 is 2.21 bits per heavy atom. The first-order valence-electron chi connectivity index (χ1n) is 6.73. The zero-order chi connectivity index (χ0) is 14.4. The van der Waals surface area contributed by atoms with E-state index in [2.05, 4.69) is 5.32 Å². The second-order valence-electron chi connectivity index (χ2n) is 4.84. The highest BCUT2D eigenvalue weighted by atomic mass is 16.4. The molecule has 0 aliphatic heterocycles. The Labute approximate surface area is 114 Å². The van der Waals surface area contributed by atoms with E-state index in [0.29, 0.717) is 12.8 Å². The van der Waals surface area contributed by atoms with Crippen molar-refractivity contribution < 1.29 is 15.0 Å². The molecule has 3 unspecified atom stereocenters. The minimum atomic E-state index is -0.878. The van der Waals surface area contributed by atoms with E-state index in [1.165, 1.54) is 0 Å². The van der Waals surface area contributed by atoms with Gasteiger partial charge in [0, 0.05) is 6.04 Å². The van der Waals surface area contributed by atoms with Crippen LogP contribution in [0.4, 0.5) is 0 Å². The van der Waals surface area contributed by atoms with Crippen LogP contribution in [0.3, 0.4) is 0 Å². The highest BCUT2D eigenvalue weighted by Crippen LogP contribution is 2.20. The Morgan fingerprint density at radius 2 is 1.79 bits per heavy atom. The molecule has 106 valence electrons. The number of rotatable bonds is 7. The zero-order valence-corrected chi connectivity index (χ0v) is 11.8. The average Bonchev–Trinajstić information content (AvgIpc) is 2.40. The quantitative estimate of drug-likeness (QED) is 0.707. The van der Waals surface area contributed by atoms with E-state index >= 15 is 0 Å². The molecule has 1 aromatic carbocycles. The summed E-state index contributed by atoms with van der Waals surface area (Å²) in [7, 11) is 0. The SMILES string of the molecule is CCC(NC(CC)C(O)c1ccc(C)cc1)C(=O)O. The second-order valence-corrected chi connectivity index (χ2v) is 4.84. The fourth-order valence-corrected chi connectivity index (χ4v) is 2.05. The average molecular weight is 265 g/mol. The molecule has 0 bridgehead atoms. The summed E-state index contributed by atoms with van der Waals surface area (Å²) < 4.78 is 0. The lowest BCUT2D eigenvalue weighted by molar-refractivity contribution is -0.140. The van der Waals surface area contributed by atoms with E-state index in [-0.39, 0.29) is 6.04 Å². The molecule has 0 saturated carbocycles. The van der Waals surface area contributed by atoms with Crippen molar-refractivity contribution in [2.45, 2.75) is 51.8 Å². The summed E-state index contributed by atoms with van der Waals surface area (Å²) in [6, 6.07) is 6.77. The number of nitrogens with one attached hydrogen (secondary N) is 1. The van der Waals surface area contributed by atoms with Crippen LogP contribution in [-0.4, -0.2) is 28.3 Å². The van der Waals surface area contributed by atoms with Crippen molar-refractivity contribution in [3.8, 4) is 0 Å². The Kier molecular flexibility index (Phi) is 5.99. The van der Waals surface area contributed by atoms with E-state index in [4.69, 9.17) is 5.11 Å². The normalized spacial score (nSPS) is 15.8. The van der Waals surface area contributed by atoms with Gasteiger partial charge in [-0.2, -0.15) is 0 Å². The highest BCUT2D eigenvalue weighted by molar-refractivity contribution is 5.73. The number of aliphatic carboxylic acids is 1. The van der Waals surface area contributed by atoms with Crippen LogP contribution < -0.4 is 5.32 Å². The van der Waals surface area contributed by atoms with Gasteiger partial charge in [0.1, 0.15) is 6.04 Å². The third kappa shape index (κ3) is 4.33. The summed E-state index contributed by atoms with van der Waals surface area (Å²) in [4.78, 5) is 11.0. The van der Waals surface area contributed by atoms with E-state index < -0.39 is 18.1 Å². The molecule has 19 heavy (non-hydrogen) atoms. The fraction of sp³-hybridized carbons (Fsp3) is 0.533. The number of hydrogen-bond donors (Lipinski definition) is 3. The third-order valence-corrected chi connectivity index (χ3v) is 3.36. The first-order chi connectivity index (χ1) is 8.99. The minimum Gasteiger partial charge on any atom is -0.480 e. The number of carboxylic acids is 1. The highest BCUT2D eigenvalue weighted by Gasteiger charge is 2.24. The Morgan fingerprint density at radius 1 is 1.21 bits per heavy atom. The lowest BCUT2D eigenvalue weighted by Crippen LogP contribution is -2.45. The largest absolute Gasteiger partial charge is 0.480 e. The summed E-state index contributed by atoms with van der Waals surface area (Å²) in [5.41, 5.74) is 1.94. The maximum absolute atomic E-state index is 11.0. The molecule has 3 N–H and O–H groups in total. The van der Waals surface area contributed by atoms with Crippen LogP contribution in [0.25, 0.3) is 0 Å². The second kappa shape index (κ2) is 7.26. The van der Waals surface area contributed by atoms with Gasteiger partial charge in [-0.1, -0.05) is 43.7 Å². The van der Waals surface area contributed by atoms with E-state index in [1.807, 2.05) is 45.0 Å². The van der Waals surface area contributed by atoms with Crippen LogP contribution in [0.2, 0.25) is 0 Å². The van der Waals surface area contributed by atoms with E-state index in [9.17, 15) is 9.90 Å². The van der Waals surface area contributed by atoms with Crippen LogP contribution in [0.15, 0.2) is 24.3 Å². The van der Waals surface area contributed by atoms with Crippen molar-refractivity contribution >= 4 is 5.97 Å². The number of carboxylic acid groups (broad SMARTS) is 1. The smallest absolute Gasteiger partial charge is 0.320 e. The first-order valence-corrected chi connectivity index (χ1v) is 6.73. The molecule has 4 heteroatoms. The predicted octanol–water partition coefficient (Wildman–Crippen LogP) is 2.26. The summed E-state index contributed by atoms with van der Waals surface area (Å²) in [6.45, 7) is 5.74. The van der Waals surface area contributed by atoms with Crippen LogP contribution in [0.5, 0.6) is 0 Å². The molecule has 0 aromatic heterocycles. The molecule has 0 amide bonds. The molecule has 4 nitrogen and oxygen atoms in total. The van der Waals surface area contributed by atoms with Gasteiger partial charge < -0.3 is 10.2 Å². The molecule has 0 aliphatic carbocycles. The molecular formula is C15H23NO3. The van der Waals surface area contributed by atoms with E-state index in [0.717, 1.165) is 11.1 Å². The lowest BCUT2D eigenvalue weighted by atomic mass is 9.98. The van der Waals surface area contributed by atoms with Gasteiger partial charge in [-0.15, -0.1) is 0 Å². The zero-order valence-electron chi connectivity index (χ0n) is 11.8. The molecule has 3 atom stereocenters. The van der Waals surface area contributed by atoms with Crippen molar-refractivity contribution in [2.75, 3.05) is 0 Å². The monoisotopic (exact) mass is 265 g/mol. The Bertz CT molecular complexity index is 402. The minimum absolute atomic E-state index is 0.260. The van der Waals surface area contributed by atoms with Crippen molar-refractivity contribution in [2.24, 2.45) is 0 Å². The van der Waals surface area contributed by atoms with Gasteiger partial charge >= 0.3 is 5.97 Å². The van der Waals surface area contributed by atoms with Gasteiger partial charge in [0.25, 0.3) is 0 Å². The summed E-state index contributed by atoms with van der Waals surface area (Å²) >= 11 is 0. The first kappa shape index (κ1) is 15.7. The number of benzene rings is 1. The predicted molar refractivity (Wildman–Crippen MR) is 75.1 cm³/mol. The molecule has 1 rings (SSSR count). The standard InChI is InChI=1S/C15H23NO3/c1-4-12(16-13(5-2)15(18)19)14(17)11-8-6-10(3)7-9-11/h6-9,12-14,16-17H,4-5H2,1-3H3,(H,18,19). The van der Waals surface area contributed by atoms with Crippen LogP contribution in [0.1, 0.15) is 43.9 Å². The number of carbonyl (C=O) groups is 1. The maximum Gasteiger partial charge on any atom is 0.320 e. The van der Waals surface area contributed by atoms with Gasteiger partial charge in [-0.05, 0) is 25.3 Å². The summed E-state index contributed by atoms with van der Waals surface area (Å²) in [5.74, 6) is -0.878. The van der Waals surface area contributed by atoms with Crippen LogP contribution >= 0.6 is 0 Å². The number of aliphatic hydroxyl groups is 1. The molecule has 0 saturated heterocycles. The third-order valence-electron chi connectivity index (χ3n) is 3.36. The molecule has 0 aliphatic rings. The molecule has 0 spiro atoms. The van der Waals surface area contributed by atoms with Crippen LogP contribution in [0, 0.1) is 6.92 Å². The van der Waals surface area contributed by atoms with Gasteiger partial charge in [0.05, 0.1) is 6.10 Å². The number of aryl methyl sites for hydroxylation is 1. The summed E-state index contributed by atoms with van der Waals surface area (Å²) in [6.07, 6.45) is 0.463. The molecule has 0 fully saturated rings. The molecule has 0 heterocycles. The number of aliphatic hydroxyl groups excluding tert-OH is 1. The van der Waals surface area contributed by atoms with Gasteiger partial charge in [0.2, 0.25) is 0 Å². The summed E-state index contributed by atoms with van der Waals surface area (Å²) in [5, 5.41) is 22.4. The lowest BCUT2D eigenvalue weighted by Gasteiger charge is -2.26. The molecular weight excluding hydrogens is 242 g/mol. The van der Waals surface area contributed by atoms with Crippen molar-refractivity contribution in [3.05, 3.63) is 35.4 Å². The van der Waals surface area contributed by atoms with Gasteiger partial charge in [-0.25, -0.2) is 0 Å². The van der Waals surface area contributed by atoms with Crippen molar-refractivity contribution in [3.63, 3.8) is 0 Å². The Balaban J connectivity index is 2.78. The fourth-order valence-electron chi connectivity index (χ4n) is 2.05. The Hall–Kier alpha value is -1.39.